The van der Waals surface area contributed by atoms with Gasteiger partial charge in [-0.3, -0.25) is 9.59 Å². The van der Waals surface area contributed by atoms with Crippen LogP contribution in [-0.4, -0.2) is 38.0 Å². The maximum atomic E-state index is 12.8. The summed E-state index contributed by atoms with van der Waals surface area (Å²) in [5.74, 6) is 0.101. The van der Waals surface area contributed by atoms with Gasteiger partial charge in [-0.25, -0.2) is 0 Å². The quantitative estimate of drug-likeness (QED) is 0.603. The fraction of sp³-hybridized carbons (Fsp3) is 0.895. The molecule has 1 heterocycles. The molecular formula is C19H33N3O2. The van der Waals surface area contributed by atoms with Crippen LogP contribution in [0, 0.1) is 16.2 Å². The molecule has 2 saturated carbocycles. The van der Waals surface area contributed by atoms with Crippen LogP contribution in [0.25, 0.3) is 0 Å². The van der Waals surface area contributed by atoms with Gasteiger partial charge in [-0.05, 0) is 62.3 Å². The van der Waals surface area contributed by atoms with E-state index in [4.69, 9.17) is 0 Å². The van der Waals surface area contributed by atoms with Gasteiger partial charge in [0.2, 0.25) is 11.8 Å². The molecule has 1 atom stereocenters. The van der Waals surface area contributed by atoms with Crippen molar-refractivity contribution in [3.63, 3.8) is 0 Å². The van der Waals surface area contributed by atoms with Crippen LogP contribution >= 0.6 is 0 Å². The van der Waals surface area contributed by atoms with E-state index in [1.54, 1.807) is 0 Å². The molecule has 24 heavy (non-hydrogen) atoms. The van der Waals surface area contributed by atoms with Crippen molar-refractivity contribution in [2.24, 2.45) is 16.2 Å². The van der Waals surface area contributed by atoms with Crippen LogP contribution in [0.5, 0.6) is 0 Å². The molecule has 3 aliphatic rings. The smallest absolute Gasteiger partial charge is 0.228 e. The van der Waals surface area contributed by atoms with E-state index in [0.717, 1.165) is 38.9 Å². The highest BCUT2D eigenvalue weighted by Gasteiger charge is 2.46. The highest BCUT2D eigenvalue weighted by Crippen LogP contribution is 2.48. The van der Waals surface area contributed by atoms with Crippen molar-refractivity contribution >= 4 is 11.8 Å². The zero-order valence-electron chi connectivity index (χ0n) is 15.3. The highest BCUT2D eigenvalue weighted by atomic mass is 16.2. The summed E-state index contributed by atoms with van der Waals surface area (Å²) < 4.78 is 0. The van der Waals surface area contributed by atoms with E-state index in [9.17, 15) is 9.59 Å². The fourth-order valence-electron chi connectivity index (χ4n) is 3.94. The fourth-order valence-corrected chi connectivity index (χ4v) is 3.94. The minimum absolute atomic E-state index is 0.0326. The zero-order chi connectivity index (χ0) is 17.3. The van der Waals surface area contributed by atoms with Crippen LogP contribution in [0.2, 0.25) is 0 Å². The van der Waals surface area contributed by atoms with Crippen molar-refractivity contribution in [1.29, 1.82) is 0 Å². The second-order valence-electron chi connectivity index (χ2n) is 8.55. The van der Waals surface area contributed by atoms with Gasteiger partial charge in [0.25, 0.3) is 0 Å². The van der Waals surface area contributed by atoms with E-state index in [0.29, 0.717) is 23.8 Å². The van der Waals surface area contributed by atoms with Crippen molar-refractivity contribution in [2.75, 3.05) is 26.2 Å². The lowest BCUT2D eigenvalue weighted by Gasteiger charge is -2.28. The van der Waals surface area contributed by atoms with Crippen LogP contribution in [0.3, 0.4) is 0 Å². The van der Waals surface area contributed by atoms with Crippen molar-refractivity contribution in [2.45, 2.75) is 65.2 Å². The van der Waals surface area contributed by atoms with Crippen molar-refractivity contribution in [3.05, 3.63) is 0 Å². The molecule has 0 aromatic heterocycles. The Morgan fingerprint density at radius 2 is 1.50 bits per heavy atom. The van der Waals surface area contributed by atoms with Crippen LogP contribution in [0.1, 0.15) is 65.2 Å². The summed E-state index contributed by atoms with van der Waals surface area (Å²) >= 11 is 0. The third kappa shape index (κ3) is 3.76. The molecule has 0 radical (unpaired) electrons. The number of nitrogens with one attached hydrogen (secondary N) is 3. The third-order valence-corrected chi connectivity index (χ3v) is 6.92. The van der Waals surface area contributed by atoms with Gasteiger partial charge in [0, 0.05) is 26.1 Å². The summed E-state index contributed by atoms with van der Waals surface area (Å²) in [4.78, 5) is 25.3. The van der Waals surface area contributed by atoms with Gasteiger partial charge in [-0.2, -0.15) is 0 Å². The number of amides is 2. The van der Waals surface area contributed by atoms with Gasteiger partial charge in [-0.15, -0.1) is 0 Å². The molecule has 3 rings (SSSR count). The first-order valence-corrected chi connectivity index (χ1v) is 9.73. The molecule has 0 aromatic carbocycles. The Bertz CT molecular complexity index is 489. The molecule has 1 unspecified atom stereocenters. The summed E-state index contributed by atoms with van der Waals surface area (Å²) in [6.07, 6.45) is 8.18. The largest absolute Gasteiger partial charge is 0.356 e. The molecule has 2 aliphatic carbocycles. The SMILES string of the molecule is CCC1(CNC(=O)CC2(C(=O)NCC3(CC)CC3)CCNC2)CC1. The minimum atomic E-state index is -0.559. The van der Waals surface area contributed by atoms with Crippen molar-refractivity contribution in [1.82, 2.24) is 16.0 Å². The lowest BCUT2D eigenvalue weighted by Crippen LogP contribution is -2.47. The Labute approximate surface area is 145 Å². The van der Waals surface area contributed by atoms with E-state index >= 15 is 0 Å². The Balaban J connectivity index is 1.52. The summed E-state index contributed by atoms with van der Waals surface area (Å²) in [5, 5.41) is 9.53. The molecule has 5 heteroatoms. The highest BCUT2D eigenvalue weighted by molar-refractivity contribution is 5.89. The zero-order valence-corrected chi connectivity index (χ0v) is 15.3. The number of hydrogen-bond acceptors (Lipinski definition) is 3. The maximum absolute atomic E-state index is 12.8. The molecule has 3 fully saturated rings. The predicted octanol–water partition coefficient (Wildman–Crippen LogP) is 1.97. The van der Waals surface area contributed by atoms with Gasteiger partial charge in [0.05, 0.1) is 5.41 Å². The maximum Gasteiger partial charge on any atom is 0.228 e. The molecule has 1 aliphatic heterocycles. The Hall–Kier alpha value is -1.10. The number of carbonyl (C=O) groups is 2. The van der Waals surface area contributed by atoms with E-state index in [2.05, 4.69) is 29.8 Å². The van der Waals surface area contributed by atoms with Crippen LogP contribution in [0.4, 0.5) is 0 Å². The average molecular weight is 335 g/mol. The number of carbonyl (C=O) groups excluding carboxylic acids is 2. The number of hydrogen-bond donors (Lipinski definition) is 3. The molecule has 0 bridgehead atoms. The monoisotopic (exact) mass is 335 g/mol. The summed E-state index contributed by atoms with van der Waals surface area (Å²) in [6.45, 7) is 7.36. The van der Waals surface area contributed by atoms with Gasteiger partial charge in [-0.1, -0.05) is 13.8 Å². The second kappa shape index (κ2) is 6.66. The molecule has 5 nitrogen and oxygen atoms in total. The molecule has 3 N–H and O–H groups in total. The Morgan fingerprint density at radius 3 is 1.96 bits per heavy atom. The summed E-state index contributed by atoms with van der Waals surface area (Å²) in [7, 11) is 0. The van der Waals surface area contributed by atoms with Crippen LogP contribution in [-0.2, 0) is 9.59 Å². The first kappa shape index (κ1) is 17.7. The summed E-state index contributed by atoms with van der Waals surface area (Å²) in [5.41, 5.74) is 0.125. The normalized spacial score (nSPS) is 29.1. The molecule has 0 spiro atoms. The average Bonchev–Trinajstić information content (AvgIpc) is 3.50. The van der Waals surface area contributed by atoms with E-state index in [1.165, 1.54) is 25.7 Å². The van der Waals surface area contributed by atoms with Crippen LogP contribution in [0.15, 0.2) is 0 Å². The molecule has 2 amide bonds. The van der Waals surface area contributed by atoms with Gasteiger partial charge >= 0.3 is 0 Å². The standard InChI is InChI=1S/C19H33N3O2/c1-3-17(5-6-17)12-21-15(23)11-19(9-10-20-14-19)16(24)22-13-18(4-2)7-8-18/h20H,3-14H2,1-2H3,(H,21,23)(H,22,24). The molecule has 136 valence electrons. The van der Waals surface area contributed by atoms with E-state index in [-0.39, 0.29) is 11.8 Å². The third-order valence-electron chi connectivity index (χ3n) is 6.92. The first-order valence-electron chi connectivity index (χ1n) is 9.73. The Morgan fingerprint density at radius 1 is 0.917 bits per heavy atom. The Kier molecular flexibility index (Phi) is 4.92. The van der Waals surface area contributed by atoms with Gasteiger partial charge in [0.1, 0.15) is 0 Å². The van der Waals surface area contributed by atoms with Crippen molar-refractivity contribution < 1.29 is 9.59 Å². The minimum Gasteiger partial charge on any atom is -0.356 e. The van der Waals surface area contributed by atoms with E-state index < -0.39 is 5.41 Å². The van der Waals surface area contributed by atoms with Gasteiger partial charge in [0.15, 0.2) is 0 Å². The van der Waals surface area contributed by atoms with E-state index in [1.807, 2.05) is 0 Å². The molecular weight excluding hydrogens is 302 g/mol. The summed E-state index contributed by atoms with van der Waals surface area (Å²) in [6, 6.07) is 0. The molecule has 1 saturated heterocycles. The lowest BCUT2D eigenvalue weighted by atomic mass is 9.81. The van der Waals surface area contributed by atoms with Gasteiger partial charge < -0.3 is 16.0 Å². The topological polar surface area (TPSA) is 70.2 Å². The lowest BCUT2D eigenvalue weighted by molar-refractivity contribution is -0.135. The molecule has 0 aromatic rings. The van der Waals surface area contributed by atoms with Crippen molar-refractivity contribution in [3.8, 4) is 0 Å². The number of rotatable bonds is 9. The van der Waals surface area contributed by atoms with Crippen LogP contribution < -0.4 is 16.0 Å². The first-order chi connectivity index (χ1) is 11.5. The predicted molar refractivity (Wildman–Crippen MR) is 94.5 cm³/mol. The second-order valence-corrected chi connectivity index (χ2v) is 8.55.